The van der Waals surface area contributed by atoms with Crippen molar-refractivity contribution in [2.45, 2.75) is 13.3 Å². The molecule has 0 aliphatic rings. The summed E-state index contributed by atoms with van der Waals surface area (Å²) in [6.45, 7) is 1.95. The zero-order valence-electron chi connectivity index (χ0n) is 5.96. The van der Waals surface area contributed by atoms with Crippen molar-refractivity contribution in [1.82, 2.24) is 0 Å². The lowest BCUT2D eigenvalue weighted by Crippen LogP contribution is -1.93. The second-order valence-electron chi connectivity index (χ2n) is 1.98. The minimum atomic E-state index is -0.510. The van der Waals surface area contributed by atoms with Crippen LogP contribution >= 0.6 is 16.3 Å². The first-order valence-electron chi connectivity index (χ1n) is 3.19. The van der Waals surface area contributed by atoms with E-state index in [0.717, 1.165) is 12.2 Å². The second kappa shape index (κ2) is 3.57. The van der Waals surface area contributed by atoms with Gasteiger partial charge in [-0.05, 0) is 12.1 Å². The molecule has 0 N–H and O–H groups in total. The molecule has 1 heterocycles. The molecule has 0 saturated heterocycles. The van der Waals surface area contributed by atoms with E-state index in [0.29, 0.717) is 0 Å². The van der Waals surface area contributed by atoms with Gasteiger partial charge in [-0.2, -0.15) is 0 Å². The SMILES string of the molecule is CCc1ccc(C(=O)OBr)o1. The topological polar surface area (TPSA) is 39.4 Å². The zero-order valence-corrected chi connectivity index (χ0v) is 7.55. The Labute approximate surface area is 72.8 Å². The highest BCUT2D eigenvalue weighted by Gasteiger charge is 2.10. The van der Waals surface area contributed by atoms with Crippen molar-refractivity contribution in [2.24, 2.45) is 0 Å². The highest BCUT2D eigenvalue weighted by molar-refractivity contribution is 9.06. The maximum atomic E-state index is 10.8. The van der Waals surface area contributed by atoms with Crippen LogP contribution in [0.5, 0.6) is 0 Å². The summed E-state index contributed by atoms with van der Waals surface area (Å²) in [5.74, 6) is 0.487. The van der Waals surface area contributed by atoms with E-state index < -0.39 is 5.97 Å². The van der Waals surface area contributed by atoms with Gasteiger partial charge in [0.15, 0.2) is 16.3 Å². The summed E-state index contributed by atoms with van der Waals surface area (Å²) in [5.41, 5.74) is 0. The molecule has 0 radical (unpaired) electrons. The van der Waals surface area contributed by atoms with E-state index in [1.165, 1.54) is 0 Å². The summed E-state index contributed by atoms with van der Waals surface area (Å²) in [5, 5.41) is 0. The number of furan rings is 1. The highest BCUT2D eigenvalue weighted by Crippen LogP contribution is 2.10. The highest BCUT2D eigenvalue weighted by atomic mass is 79.9. The van der Waals surface area contributed by atoms with Gasteiger partial charge in [0.2, 0.25) is 5.76 Å². The zero-order chi connectivity index (χ0) is 8.27. The summed E-state index contributed by atoms with van der Waals surface area (Å²) in [4.78, 5) is 10.8. The molecule has 1 aromatic rings. The summed E-state index contributed by atoms with van der Waals surface area (Å²) in [7, 11) is 0. The third-order valence-electron chi connectivity index (χ3n) is 1.28. The van der Waals surface area contributed by atoms with Gasteiger partial charge in [0.1, 0.15) is 5.76 Å². The predicted molar refractivity (Wildman–Crippen MR) is 42.4 cm³/mol. The summed E-state index contributed by atoms with van der Waals surface area (Å²) in [6, 6.07) is 3.34. The molecule has 0 bridgehead atoms. The number of carbonyl (C=O) groups is 1. The molecular weight excluding hydrogens is 212 g/mol. The molecule has 4 heteroatoms. The van der Waals surface area contributed by atoms with Gasteiger partial charge in [0.05, 0.1) is 0 Å². The monoisotopic (exact) mass is 218 g/mol. The average molecular weight is 219 g/mol. The molecule has 0 aromatic carbocycles. The van der Waals surface area contributed by atoms with Crippen molar-refractivity contribution in [3.63, 3.8) is 0 Å². The van der Waals surface area contributed by atoms with E-state index in [1.807, 2.05) is 6.92 Å². The van der Waals surface area contributed by atoms with Crippen LogP contribution in [-0.2, 0) is 10.2 Å². The third-order valence-corrected chi connectivity index (χ3v) is 1.58. The Hall–Kier alpha value is -0.770. The first kappa shape index (κ1) is 8.33. The van der Waals surface area contributed by atoms with Crippen LogP contribution in [-0.4, -0.2) is 5.97 Å². The van der Waals surface area contributed by atoms with Crippen molar-refractivity contribution in [1.29, 1.82) is 0 Å². The smallest absolute Gasteiger partial charge is 0.385 e. The van der Waals surface area contributed by atoms with E-state index in [1.54, 1.807) is 12.1 Å². The van der Waals surface area contributed by atoms with Gasteiger partial charge in [0, 0.05) is 6.42 Å². The van der Waals surface area contributed by atoms with Crippen molar-refractivity contribution >= 4 is 22.2 Å². The Bertz CT molecular complexity index is 254. The molecule has 0 aliphatic heterocycles. The van der Waals surface area contributed by atoms with Crippen molar-refractivity contribution in [3.05, 3.63) is 23.7 Å². The fourth-order valence-electron chi connectivity index (χ4n) is 0.716. The van der Waals surface area contributed by atoms with Gasteiger partial charge in [-0.3, -0.25) is 0 Å². The first-order chi connectivity index (χ1) is 5.27. The van der Waals surface area contributed by atoms with Crippen molar-refractivity contribution in [3.8, 4) is 0 Å². The minimum absolute atomic E-state index is 0.221. The molecule has 0 unspecified atom stereocenters. The molecule has 0 spiro atoms. The van der Waals surface area contributed by atoms with Crippen molar-refractivity contribution in [2.75, 3.05) is 0 Å². The third kappa shape index (κ3) is 1.83. The molecule has 1 rings (SSSR count). The normalized spacial score (nSPS) is 9.64. The first-order valence-corrected chi connectivity index (χ1v) is 3.84. The largest absolute Gasteiger partial charge is 0.454 e. The lowest BCUT2D eigenvalue weighted by atomic mass is 10.4. The lowest BCUT2D eigenvalue weighted by molar-refractivity contribution is 0.0747. The molecule has 11 heavy (non-hydrogen) atoms. The molecule has 0 amide bonds. The van der Waals surface area contributed by atoms with Crippen LogP contribution in [0.3, 0.4) is 0 Å². The van der Waals surface area contributed by atoms with E-state index in [9.17, 15) is 4.79 Å². The Balaban J connectivity index is 2.80. The Morgan fingerprint density at radius 1 is 1.73 bits per heavy atom. The average Bonchev–Trinajstić information content (AvgIpc) is 2.50. The molecule has 0 fully saturated rings. The standard InChI is InChI=1S/C7H7BrO3/c1-2-5-3-4-6(10-5)7(9)11-8/h3-4H,2H2,1H3. The Kier molecular flexibility index (Phi) is 2.70. The lowest BCUT2D eigenvalue weighted by Gasteiger charge is -1.89. The van der Waals surface area contributed by atoms with E-state index in [4.69, 9.17) is 4.42 Å². The number of hydrogen-bond donors (Lipinski definition) is 0. The molecule has 0 saturated carbocycles. The molecule has 0 atom stereocenters. The van der Waals surface area contributed by atoms with E-state index in [2.05, 4.69) is 20.1 Å². The maximum Gasteiger partial charge on any atom is 0.385 e. The number of rotatable bonds is 2. The van der Waals surface area contributed by atoms with Gasteiger partial charge in [-0.1, -0.05) is 6.92 Å². The van der Waals surface area contributed by atoms with Gasteiger partial charge < -0.3 is 8.25 Å². The maximum absolute atomic E-state index is 10.8. The molecule has 60 valence electrons. The predicted octanol–water partition coefficient (Wildman–Crippen LogP) is 2.31. The van der Waals surface area contributed by atoms with Crippen LogP contribution in [0.2, 0.25) is 0 Å². The van der Waals surface area contributed by atoms with Crippen LogP contribution in [0.15, 0.2) is 16.5 Å². The van der Waals surface area contributed by atoms with Crippen molar-refractivity contribution < 1.29 is 13.0 Å². The number of hydrogen-bond acceptors (Lipinski definition) is 3. The summed E-state index contributed by atoms with van der Waals surface area (Å²) < 4.78 is 9.35. The number of aryl methyl sites for hydroxylation is 1. The Morgan fingerprint density at radius 3 is 2.91 bits per heavy atom. The van der Waals surface area contributed by atoms with Gasteiger partial charge >= 0.3 is 5.97 Å². The summed E-state index contributed by atoms with van der Waals surface area (Å²) >= 11 is 2.57. The van der Waals surface area contributed by atoms with Crippen LogP contribution in [0.4, 0.5) is 0 Å². The fourth-order valence-corrected chi connectivity index (χ4v) is 0.875. The molecule has 1 aromatic heterocycles. The van der Waals surface area contributed by atoms with E-state index in [-0.39, 0.29) is 5.76 Å². The summed E-state index contributed by atoms with van der Waals surface area (Å²) in [6.07, 6.45) is 0.773. The number of halogens is 1. The molecule has 0 aliphatic carbocycles. The second-order valence-corrected chi connectivity index (χ2v) is 2.31. The quantitative estimate of drug-likeness (QED) is 0.765. The van der Waals surface area contributed by atoms with Gasteiger partial charge in [0.25, 0.3) is 0 Å². The van der Waals surface area contributed by atoms with E-state index >= 15 is 0 Å². The van der Waals surface area contributed by atoms with Gasteiger partial charge in [-0.15, -0.1) is 0 Å². The van der Waals surface area contributed by atoms with Crippen LogP contribution in [0, 0.1) is 0 Å². The Morgan fingerprint density at radius 2 is 2.45 bits per heavy atom. The van der Waals surface area contributed by atoms with Crippen LogP contribution in [0.1, 0.15) is 23.2 Å². The number of carbonyl (C=O) groups excluding carboxylic acids is 1. The van der Waals surface area contributed by atoms with Crippen LogP contribution < -0.4 is 0 Å². The minimum Gasteiger partial charge on any atom is -0.454 e. The fraction of sp³-hybridized carbons (Fsp3) is 0.286. The van der Waals surface area contributed by atoms with Gasteiger partial charge in [-0.25, -0.2) is 4.79 Å². The molecular formula is C7H7BrO3. The van der Waals surface area contributed by atoms with Crippen LogP contribution in [0.25, 0.3) is 0 Å². The molecule has 3 nitrogen and oxygen atoms in total.